The van der Waals surface area contributed by atoms with Crippen molar-refractivity contribution >= 4 is 11.8 Å². The molecule has 1 fully saturated rings. The first kappa shape index (κ1) is 20.0. The van der Waals surface area contributed by atoms with Crippen LogP contribution >= 0.6 is 0 Å². The highest BCUT2D eigenvalue weighted by molar-refractivity contribution is 5.97. The fraction of sp³-hybridized carbons (Fsp3) is 0.579. The standard InChI is InChI=1S/C19H29N3O4/c1-5-8-19(2,20)18(24)22-11-9-21(10-12-22)17(23)15-7-6-14(25-3)13-16(15)26-4/h6-7,13H,5,8-12,20H2,1-4H3. The molecule has 0 aromatic heterocycles. The van der Waals surface area contributed by atoms with Gasteiger partial charge in [-0.15, -0.1) is 0 Å². The normalized spacial score (nSPS) is 16.8. The fourth-order valence-corrected chi connectivity index (χ4v) is 3.25. The number of rotatable bonds is 6. The maximum atomic E-state index is 12.8. The number of amides is 2. The number of carbonyl (C=O) groups excluding carboxylic acids is 2. The van der Waals surface area contributed by atoms with Crippen LogP contribution in [-0.2, 0) is 4.79 Å². The summed E-state index contributed by atoms with van der Waals surface area (Å²) in [4.78, 5) is 28.9. The fourth-order valence-electron chi connectivity index (χ4n) is 3.25. The number of nitrogens with two attached hydrogens (primary N) is 1. The number of hydrogen-bond donors (Lipinski definition) is 1. The molecule has 0 spiro atoms. The third-order valence-electron chi connectivity index (χ3n) is 4.75. The molecule has 7 heteroatoms. The van der Waals surface area contributed by atoms with E-state index in [-0.39, 0.29) is 11.8 Å². The summed E-state index contributed by atoms with van der Waals surface area (Å²) in [7, 11) is 3.09. The third kappa shape index (κ3) is 4.27. The van der Waals surface area contributed by atoms with Gasteiger partial charge >= 0.3 is 0 Å². The number of ether oxygens (including phenoxy) is 2. The van der Waals surface area contributed by atoms with E-state index in [2.05, 4.69) is 0 Å². The van der Waals surface area contributed by atoms with Gasteiger partial charge in [-0.3, -0.25) is 9.59 Å². The Hall–Kier alpha value is -2.28. The van der Waals surface area contributed by atoms with Crippen molar-refractivity contribution in [2.45, 2.75) is 32.2 Å². The average molecular weight is 363 g/mol. The monoisotopic (exact) mass is 363 g/mol. The van der Waals surface area contributed by atoms with E-state index in [0.717, 1.165) is 6.42 Å². The topological polar surface area (TPSA) is 85.1 Å². The van der Waals surface area contributed by atoms with E-state index < -0.39 is 5.54 Å². The molecule has 1 aromatic rings. The number of benzene rings is 1. The van der Waals surface area contributed by atoms with Crippen molar-refractivity contribution in [2.24, 2.45) is 5.73 Å². The summed E-state index contributed by atoms with van der Waals surface area (Å²) in [5, 5.41) is 0. The SMILES string of the molecule is CCCC(C)(N)C(=O)N1CCN(C(=O)c2ccc(OC)cc2OC)CC1. The van der Waals surface area contributed by atoms with Gasteiger partial charge in [0.15, 0.2) is 0 Å². The molecule has 1 unspecified atom stereocenters. The van der Waals surface area contributed by atoms with Crippen LogP contribution in [0.25, 0.3) is 0 Å². The summed E-state index contributed by atoms with van der Waals surface area (Å²) in [5.74, 6) is 0.950. The predicted molar refractivity (Wildman–Crippen MR) is 99.5 cm³/mol. The van der Waals surface area contributed by atoms with E-state index in [4.69, 9.17) is 15.2 Å². The first-order chi connectivity index (χ1) is 12.3. The van der Waals surface area contributed by atoms with Crippen molar-refractivity contribution in [3.8, 4) is 11.5 Å². The van der Waals surface area contributed by atoms with Crippen LogP contribution in [0.3, 0.4) is 0 Å². The number of hydrogen-bond acceptors (Lipinski definition) is 5. The molecule has 1 saturated heterocycles. The maximum absolute atomic E-state index is 12.8. The molecule has 2 rings (SSSR count). The van der Waals surface area contributed by atoms with Crippen molar-refractivity contribution in [1.29, 1.82) is 0 Å². The first-order valence-electron chi connectivity index (χ1n) is 8.93. The molecule has 1 aromatic carbocycles. The Bertz CT molecular complexity index is 652. The van der Waals surface area contributed by atoms with Gasteiger partial charge in [0.25, 0.3) is 5.91 Å². The van der Waals surface area contributed by atoms with Gasteiger partial charge in [0.2, 0.25) is 5.91 Å². The highest BCUT2D eigenvalue weighted by Crippen LogP contribution is 2.26. The molecule has 2 N–H and O–H groups in total. The second-order valence-corrected chi connectivity index (χ2v) is 6.82. The van der Waals surface area contributed by atoms with Crippen molar-refractivity contribution in [1.82, 2.24) is 9.80 Å². The summed E-state index contributed by atoms with van der Waals surface area (Å²) < 4.78 is 10.5. The molecule has 0 radical (unpaired) electrons. The average Bonchev–Trinajstić information content (AvgIpc) is 2.66. The Balaban J connectivity index is 2.04. The minimum absolute atomic E-state index is 0.0477. The van der Waals surface area contributed by atoms with Crippen LogP contribution in [0.15, 0.2) is 18.2 Å². The van der Waals surface area contributed by atoms with Crippen LogP contribution < -0.4 is 15.2 Å². The van der Waals surface area contributed by atoms with E-state index in [1.54, 1.807) is 42.0 Å². The molecule has 1 heterocycles. The van der Waals surface area contributed by atoms with Gasteiger partial charge < -0.3 is 25.0 Å². The van der Waals surface area contributed by atoms with Gasteiger partial charge in [-0.25, -0.2) is 0 Å². The smallest absolute Gasteiger partial charge is 0.257 e. The van der Waals surface area contributed by atoms with Crippen molar-refractivity contribution < 1.29 is 19.1 Å². The molecule has 0 saturated carbocycles. The van der Waals surface area contributed by atoms with Crippen LogP contribution in [0, 0.1) is 0 Å². The lowest BCUT2D eigenvalue weighted by atomic mass is 9.95. The lowest BCUT2D eigenvalue weighted by Crippen LogP contribution is -2.58. The van der Waals surface area contributed by atoms with Crippen LogP contribution in [0.4, 0.5) is 0 Å². The molecule has 2 amide bonds. The number of piperazine rings is 1. The van der Waals surface area contributed by atoms with Crippen molar-refractivity contribution in [2.75, 3.05) is 40.4 Å². The highest BCUT2D eigenvalue weighted by atomic mass is 16.5. The molecule has 0 bridgehead atoms. The van der Waals surface area contributed by atoms with Gasteiger partial charge in [0, 0.05) is 32.2 Å². The molecule has 1 aliphatic rings. The van der Waals surface area contributed by atoms with Crippen LogP contribution in [-0.4, -0.2) is 67.6 Å². The summed E-state index contributed by atoms with van der Waals surface area (Å²) in [6, 6.07) is 5.13. The van der Waals surface area contributed by atoms with E-state index >= 15 is 0 Å². The quantitative estimate of drug-likeness (QED) is 0.828. The molecular formula is C19H29N3O4. The van der Waals surface area contributed by atoms with Crippen molar-refractivity contribution in [3.63, 3.8) is 0 Å². The number of nitrogens with zero attached hydrogens (tertiary/aromatic N) is 2. The Kier molecular flexibility index (Phi) is 6.47. The number of carbonyl (C=O) groups is 2. The molecule has 1 aliphatic heterocycles. The van der Waals surface area contributed by atoms with Crippen LogP contribution in [0.1, 0.15) is 37.0 Å². The van der Waals surface area contributed by atoms with E-state index in [1.807, 2.05) is 6.92 Å². The molecule has 144 valence electrons. The Morgan fingerprint density at radius 1 is 1.12 bits per heavy atom. The number of methoxy groups -OCH3 is 2. The minimum Gasteiger partial charge on any atom is -0.497 e. The zero-order valence-corrected chi connectivity index (χ0v) is 16.1. The molecule has 26 heavy (non-hydrogen) atoms. The predicted octanol–water partition coefficient (Wildman–Crippen LogP) is 1.51. The summed E-state index contributed by atoms with van der Waals surface area (Å²) in [5.41, 5.74) is 5.79. The van der Waals surface area contributed by atoms with E-state index in [0.29, 0.717) is 49.7 Å². The van der Waals surface area contributed by atoms with Gasteiger partial charge in [-0.2, -0.15) is 0 Å². The van der Waals surface area contributed by atoms with Crippen molar-refractivity contribution in [3.05, 3.63) is 23.8 Å². The highest BCUT2D eigenvalue weighted by Gasteiger charge is 2.34. The van der Waals surface area contributed by atoms with E-state index in [1.165, 1.54) is 7.11 Å². The van der Waals surface area contributed by atoms with Crippen LogP contribution in [0.5, 0.6) is 11.5 Å². The Morgan fingerprint density at radius 3 is 2.27 bits per heavy atom. The molecule has 1 atom stereocenters. The summed E-state index contributed by atoms with van der Waals surface area (Å²) >= 11 is 0. The zero-order valence-electron chi connectivity index (χ0n) is 16.1. The Labute approximate surface area is 155 Å². The molecule has 0 aliphatic carbocycles. The second-order valence-electron chi connectivity index (χ2n) is 6.82. The first-order valence-corrected chi connectivity index (χ1v) is 8.93. The molecule has 7 nitrogen and oxygen atoms in total. The largest absolute Gasteiger partial charge is 0.497 e. The van der Waals surface area contributed by atoms with E-state index in [9.17, 15) is 9.59 Å². The maximum Gasteiger partial charge on any atom is 0.257 e. The molecular weight excluding hydrogens is 334 g/mol. The summed E-state index contributed by atoms with van der Waals surface area (Å²) in [6.07, 6.45) is 1.50. The lowest BCUT2D eigenvalue weighted by molar-refractivity contribution is -0.138. The van der Waals surface area contributed by atoms with Gasteiger partial charge in [0.1, 0.15) is 11.5 Å². The van der Waals surface area contributed by atoms with Gasteiger partial charge in [-0.05, 0) is 25.5 Å². The third-order valence-corrected chi connectivity index (χ3v) is 4.75. The second kappa shape index (κ2) is 8.40. The lowest BCUT2D eigenvalue weighted by Gasteiger charge is -2.38. The van der Waals surface area contributed by atoms with Gasteiger partial charge in [0.05, 0.1) is 25.3 Å². The van der Waals surface area contributed by atoms with Crippen LogP contribution in [0.2, 0.25) is 0 Å². The Morgan fingerprint density at radius 2 is 1.73 bits per heavy atom. The van der Waals surface area contributed by atoms with Gasteiger partial charge in [-0.1, -0.05) is 13.3 Å². The minimum atomic E-state index is -0.847. The summed E-state index contributed by atoms with van der Waals surface area (Å²) in [6.45, 7) is 5.71. The zero-order chi connectivity index (χ0) is 19.3.